The Morgan fingerprint density at radius 3 is 2.31 bits per heavy atom. The molecule has 0 radical (unpaired) electrons. The lowest BCUT2D eigenvalue weighted by molar-refractivity contribution is -0.137. The number of aromatic nitrogens is 2. The van der Waals surface area contributed by atoms with Crippen molar-refractivity contribution in [1.82, 2.24) is 24.3 Å². The number of likely N-dealkylation sites (N-methyl/N-ethyl adjacent to an activating group) is 1. The average molecular weight is 539 g/mol. The van der Waals surface area contributed by atoms with Crippen LogP contribution in [-0.2, 0) is 11.2 Å². The highest BCUT2D eigenvalue weighted by atomic mass is 16.2. The molecule has 212 valence electrons. The van der Waals surface area contributed by atoms with Crippen molar-refractivity contribution < 1.29 is 9.59 Å². The third-order valence-electron chi connectivity index (χ3n) is 7.91. The Balaban J connectivity index is 1.32. The van der Waals surface area contributed by atoms with Gasteiger partial charge in [-0.1, -0.05) is 12.1 Å². The molecule has 1 aromatic carbocycles. The summed E-state index contributed by atoms with van der Waals surface area (Å²) in [6, 6.07) is 10.4. The lowest BCUT2D eigenvalue weighted by Gasteiger charge is -2.37. The van der Waals surface area contributed by atoms with Gasteiger partial charge in [0.05, 0.1) is 11.2 Å². The molecule has 2 fully saturated rings. The molecule has 1 aliphatic heterocycles. The van der Waals surface area contributed by atoms with Crippen molar-refractivity contribution in [2.45, 2.75) is 70.1 Å². The fourth-order valence-electron chi connectivity index (χ4n) is 5.38. The Morgan fingerprint density at radius 2 is 1.74 bits per heavy atom. The lowest BCUT2D eigenvalue weighted by atomic mass is 10.0. The highest BCUT2D eigenvalue weighted by Crippen LogP contribution is 2.24. The number of rotatable bonds is 7. The molecule has 11 heteroatoms. The zero-order valence-corrected chi connectivity index (χ0v) is 23.5. The first-order valence-electron chi connectivity index (χ1n) is 13.7. The normalized spacial score (nSPS) is 20.8. The second-order valence-electron chi connectivity index (χ2n) is 11.5. The highest BCUT2D eigenvalue weighted by Gasteiger charge is 2.31. The zero-order chi connectivity index (χ0) is 28.3. The molecular weight excluding hydrogens is 496 g/mol. The van der Waals surface area contributed by atoms with Crippen LogP contribution in [0, 0.1) is 0 Å². The van der Waals surface area contributed by atoms with Gasteiger partial charge in [0.2, 0.25) is 5.91 Å². The largest absolute Gasteiger partial charge is 0.354 e. The van der Waals surface area contributed by atoms with E-state index in [1.165, 1.54) is 10.1 Å². The average Bonchev–Trinajstić information content (AvgIpc) is 3.34. The molecule has 0 bridgehead atoms. The number of benzene rings is 1. The van der Waals surface area contributed by atoms with Crippen molar-refractivity contribution in [3.63, 3.8) is 0 Å². The summed E-state index contributed by atoms with van der Waals surface area (Å²) in [5.74, 6) is 0.0416. The summed E-state index contributed by atoms with van der Waals surface area (Å²) in [5, 5.41) is 2.69. The van der Waals surface area contributed by atoms with E-state index in [4.69, 9.17) is 11.5 Å². The van der Waals surface area contributed by atoms with Crippen molar-refractivity contribution in [2.75, 3.05) is 38.5 Å². The van der Waals surface area contributed by atoms with Crippen LogP contribution in [0.5, 0.6) is 0 Å². The Hall–Kier alpha value is -3.28. The zero-order valence-electron chi connectivity index (χ0n) is 23.5. The van der Waals surface area contributed by atoms with E-state index >= 15 is 0 Å². The summed E-state index contributed by atoms with van der Waals surface area (Å²) < 4.78 is 1.45. The second-order valence-corrected chi connectivity index (χ2v) is 11.5. The first-order chi connectivity index (χ1) is 18.4. The molecule has 5 N–H and O–H groups in total. The molecule has 1 saturated carbocycles. The van der Waals surface area contributed by atoms with Crippen LogP contribution < -0.4 is 22.5 Å². The van der Waals surface area contributed by atoms with E-state index < -0.39 is 11.2 Å². The van der Waals surface area contributed by atoms with E-state index in [-0.39, 0.29) is 17.8 Å². The third kappa shape index (κ3) is 7.03. The van der Waals surface area contributed by atoms with Crippen molar-refractivity contribution in [1.29, 1.82) is 0 Å². The molecule has 1 aliphatic carbocycles. The first-order valence-corrected chi connectivity index (χ1v) is 13.7. The van der Waals surface area contributed by atoms with Crippen molar-refractivity contribution in [2.24, 2.45) is 11.5 Å². The molecule has 1 unspecified atom stereocenters. The topological polar surface area (TPSA) is 143 Å². The summed E-state index contributed by atoms with van der Waals surface area (Å²) in [4.78, 5) is 47.6. The van der Waals surface area contributed by atoms with E-state index in [1.807, 2.05) is 24.3 Å². The van der Waals surface area contributed by atoms with Crippen LogP contribution in [-0.4, -0.2) is 93.1 Å². The highest BCUT2D eigenvalue weighted by molar-refractivity contribution is 5.89. The predicted molar refractivity (Wildman–Crippen MR) is 152 cm³/mol. The van der Waals surface area contributed by atoms with Gasteiger partial charge in [0.1, 0.15) is 5.82 Å². The van der Waals surface area contributed by atoms with Crippen LogP contribution in [0.1, 0.15) is 45.6 Å². The maximum atomic E-state index is 12.7. The number of hydrogen-bond donors (Lipinski definition) is 3. The van der Waals surface area contributed by atoms with Gasteiger partial charge in [-0.25, -0.2) is 9.59 Å². The number of urea groups is 1. The molecule has 1 saturated heterocycles. The van der Waals surface area contributed by atoms with E-state index in [0.29, 0.717) is 50.0 Å². The van der Waals surface area contributed by atoms with Gasteiger partial charge in [0.25, 0.3) is 0 Å². The molecular formula is C28H42N8O3. The summed E-state index contributed by atoms with van der Waals surface area (Å²) in [6.07, 6.45) is 5.82. The van der Waals surface area contributed by atoms with Gasteiger partial charge in [-0.05, 0) is 77.3 Å². The number of piperazine rings is 1. The summed E-state index contributed by atoms with van der Waals surface area (Å²) in [7, 11) is 2.18. The lowest BCUT2D eigenvalue weighted by Crippen LogP contribution is -2.58. The van der Waals surface area contributed by atoms with E-state index in [0.717, 1.165) is 25.7 Å². The minimum absolute atomic E-state index is 0.142. The van der Waals surface area contributed by atoms with Crippen LogP contribution in [0.3, 0.4) is 0 Å². The minimum atomic E-state index is -0.947. The molecule has 2 heterocycles. The van der Waals surface area contributed by atoms with Gasteiger partial charge in [0, 0.05) is 50.5 Å². The van der Waals surface area contributed by atoms with Crippen molar-refractivity contribution in [3.05, 3.63) is 52.6 Å². The van der Waals surface area contributed by atoms with Gasteiger partial charge in [-0.15, -0.1) is 0 Å². The Morgan fingerprint density at radius 1 is 1.10 bits per heavy atom. The Labute approximate surface area is 230 Å². The molecule has 39 heavy (non-hydrogen) atoms. The maximum absolute atomic E-state index is 12.7. The molecule has 11 nitrogen and oxygen atoms in total. The van der Waals surface area contributed by atoms with E-state index in [2.05, 4.69) is 29.2 Å². The smallest absolute Gasteiger partial charge is 0.338 e. The Kier molecular flexibility index (Phi) is 8.73. The summed E-state index contributed by atoms with van der Waals surface area (Å²) >= 11 is 0. The number of nitrogens with zero attached hydrogens (tertiary/aromatic N) is 5. The van der Waals surface area contributed by atoms with Gasteiger partial charge in [-0.3, -0.25) is 14.7 Å². The molecule has 2 aromatic rings. The van der Waals surface area contributed by atoms with Crippen LogP contribution in [0.4, 0.5) is 10.6 Å². The summed E-state index contributed by atoms with van der Waals surface area (Å²) in [6.45, 7) is 7.14. The quantitative estimate of drug-likeness (QED) is 0.483. The number of carbonyl (C=O) groups is 2. The third-order valence-corrected chi connectivity index (χ3v) is 7.91. The molecule has 1 aromatic heterocycles. The first kappa shape index (κ1) is 28.7. The van der Waals surface area contributed by atoms with Crippen LogP contribution in [0.25, 0.3) is 5.69 Å². The fourth-order valence-corrected chi connectivity index (χ4v) is 5.38. The molecule has 0 spiro atoms. The van der Waals surface area contributed by atoms with Crippen LogP contribution in [0.15, 0.2) is 41.3 Å². The van der Waals surface area contributed by atoms with E-state index in [1.54, 1.807) is 35.9 Å². The van der Waals surface area contributed by atoms with Gasteiger partial charge < -0.3 is 26.2 Å². The van der Waals surface area contributed by atoms with Gasteiger partial charge >= 0.3 is 11.7 Å². The van der Waals surface area contributed by atoms with E-state index in [9.17, 15) is 14.4 Å². The summed E-state index contributed by atoms with van der Waals surface area (Å²) in [5.41, 5.74) is 12.5. The number of hydrogen-bond acceptors (Lipinski definition) is 7. The number of nitrogens with one attached hydrogen (secondary N) is 1. The molecule has 3 atom stereocenters. The number of amides is 3. The Bertz CT molecular complexity index is 1210. The number of carbonyl (C=O) groups excluding carboxylic acids is 2. The maximum Gasteiger partial charge on any atom is 0.354 e. The van der Waals surface area contributed by atoms with Crippen LogP contribution >= 0.6 is 0 Å². The minimum Gasteiger partial charge on any atom is -0.338 e. The second kappa shape index (κ2) is 11.8. The standard InChI is InChI=1S/C28H42N8O3/c1-19(33(4)23-10-7-21(29)18-23)17-20-5-8-22(9-6-20)36-12-11-24(32-27(36)39)31-26(38)35-15-13-34(14-16-35)25(37)28(2,3)30/h5-6,8-9,11-12,19,21,23H,7,10,13-18,29-30H2,1-4H3,(H,31,32,38,39)/t19?,21-,23-/m0/s1. The van der Waals surface area contributed by atoms with Gasteiger partial charge in [-0.2, -0.15) is 4.98 Å². The predicted octanol–water partition coefficient (Wildman–Crippen LogP) is 1.39. The van der Waals surface area contributed by atoms with Crippen molar-refractivity contribution >= 4 is 17.8 Å². The van der Waals surface area contributed by atoms with Crippen molar-refractivity contribution in [3.8, 4) is 5.69 Å². The number of nitrogens with two attached hydrogens (primary N) is 2. The van der Waals surface area contributed by atoms with Crippen LogP contribution in [0.2, 0.25) is 0 Å². The molecule has 4 rings (SSSR count). The monoisotopic (exact) mass is 538 g/mol. The molecule has 2 aliphatic rings. The SMILES string of the molecule is CC(Cc1ccc(-n2ccc(NC(=O)N3CCN(C(=O)C(C)(C)N)CC3)nc2=O)cc1)N(C)[C@H]1CC[C@H](N)C1. The van der Waals surface area contributed by atoms with Gasteiger partial charge in [0.15, 0.2) is 0 Å². The number of anilines is 1. The molecule has 3 amide bonds. The fraction of sp³-hybridized carbons (Fsp3) is 0.571.